The van der Waals surface area contributed by atoms with Crippen molar-refractivity contribution in [2.24, 2.45) is 0 Å². The van der Waals surface area contributed by atoms with Crippen LogP contribution in [0.25, 0.3) is 0 Å². The van der Waals surface area contributed by atoms with Gasteiger partial charge in [0.15, 0.2) is 0 Å². The monoisotopic (exact) mass is 156 g/mol. The summed E-state index contributed by atoms with van der Waals surface area (Å²) < 4.78 is 4.85. The molecule has 0 aromatic rings. The second-order valence-corrected chi connectivity index (χ2v) is 2.91. The van der Waals surface area contributed by atoms with Gasteiger partial charge < -0.3 is 9.64 Å². The molecule has 1 rings (SSSR count). The van der Waals surface area contributed by atoms with Gasteiger partial charge in [0.25, 0.3) is 6.02 Å². The number of rotatable bonds is 0. The molecular weight excluding hydrogens is 140 g/mol. The zero-order valence-corrected chi connectivity index (χ0v) is 7.10. The highest BCUT2D eigenvalue weighted by atomic mass is 16.5. The van der Waals surface area contributed by atoms with E-state index in [0.717, 1.165) is 13.1 Å². The molecule has 0 spiro atoms. The highest BCUT2D eigenvalue weighted by molar-refractivity contribution is 5.69. The van der Waals surface area contributed by atoms with Crippen molar-refractivity contribution in [3.05, 3.63) is 0 Å². The molecule has 64 valence electrons. The summed E-state index contributed by atoms with van der Waals surface area (Å²) in [6.07, 6.45) is 5.00. The molecule has 1 N–H and O–H groups in total. The Bertz CT molecular complexity index is 128. The van der Waals surface area contributed by atoms with Crippen molar-refractivity contribution in [2.45, 2.75) is 25.7 Å². The van der Waals surface area contributed by atoms with E-state index in [2.05, 4.69) is 0 Å². The topological polar surface area (TPSA) is 36.3 Å². The van der Waals surface area contributed by atoms with Gasteiger partial charge in [-0.05, 0) is 12.8 Å². The molecule has 0 saturated carbocycles. The van der Waals surface area contributed by atoms with E-state index in [1.165, 1.54) is 25.7 Å². The maximum Gasteiger partial charge on any atom is 0.284 e. The van der Waals surface area contributed by atoms with Crippen LogP contribution in [0.3, 0.4) is 0 Å². The second kappa shape index (κ2) is 4.21. The van der Waals surface area contributed by atoms with E-state index < -0.39 is 0 Å². The third-order valence-corrected chi connectivity index (χ3v) is 2.09. The smallest absolute Gasteiger partial charge is 0.284 e. The molecule has 0 aromatic heterocycles. The molecule has 1 heterocycles. The van der Waals surface area contributed by atoms with Crippen LogP contribution in [0.2, 0.25) is 0 Å². The summed E-state index contributed by atoms with van der Waals surface area (Å²) in [4.78, 5) is 2.01. The SMILES string of the molecule is COC(=N)N1CCCCCC1. The van der Waals surface area contributed by atoms with Crippen molar-refractivity contribution in [1.29, 1.82) is 5.41 Å². The van der Waals surface area contributed by atoms with Gasteiger partial charge in [0.05, 0.1) is 7.11 Å². The zero-order chi connectivity index (χ0) is 8.10. The van der Waals surface area contributed by atoms with Crippen LogP contribution in [0, 0.1) is 5.41 Å². The van der Waals surface area contributed by atoms with E-state index in [1.54, 1.807) is 7.11 Å². The Labute approximate surface area is 67.8 Å². The maximum atomic E-state index is 7.43. The lowest BCUT2D eigenvalue weighted by Gasteiger charge is -2.20. The summed E-state index contributed by atoms with van der Waals surface area (Å²) in [5.74, 6) is 0. The molecule has 0 unspecified atom stereocenters. The first-order valence-corrected chi connectivity index (χ1v) is 4.22. The first-order valence-electron chi connectivity index (χ1n) is 4.22. The highest BCUT2D eigenvalue weighted by Gasteiger charge is 2.11. The van der Waals surface area contributed by atoms with E-state index in [9.17, 15) is 0 Å². The van der Waals surface area contributed by atoms with Gasteiger partial charge in [0.1, 0.15) is 0 Å². The molecule has 1 fully saturated rings. The number of nitrogens with zero attached hydrogens (tertiary/aromatic N) is 1. The second-order valence-electron chi connectivity index (χ2n) is 2.91. The average Bonchev–Trinajstić information content (AvgIpc) is 2.30. The fourth-order valence-electron chi connectivity index (χ4n) is 1.40. The van der Waals surface area contributed by atoms with Crippen molar-refractivity contribution in [1.82, 2.24) is 4.90 Å². The lowest BCUT2D eigenvalue weighted by Crippen LogP contribution is -2.32. The molecule has 0 radical (unpaired) electrons. The number of methoxy groups -OCH3 is 1. The van der Waals surface area contributed by atoms with Crippen LogP contribution in [0.5, 0.6) is 0 Å². The lowest BCUT2D eigenvalue weighted by atomic mass is 10.2. The van der Waals surface area contributed by atoms with E-state index >= 15 is 0 Å². The number of likely N-dealkylation sites (tertiary alicyclic amines) is 1. The Hall–Kier alpha value is -0.730. The molecule has 1 aliphatic rings. The Balaban J connectivity index is 2.36. The molecule has 0 bridgehead atoms. The minimum absolute atomic E-state index is 0.326. The summed E-state index contributed by atoms with van der Waals surface area (Å²) in [5, 5.41) is 7.43. The van der Waals surface area contributed by atoms with Crippen molar-refractivity contribution < 1.29 is 4.74 Å². The van der Waals surface area contributed by atoms with E-state index in [0.29, 0.717) is 6.02 Å². The number of hydrogen-bond donors (Lipinski definition) is 1. The van der Waals surface area contributed by atoms with Crippen molar-refractivity contribution >= 4 is 6.02 Å². The molecule has 11 heavy (non-hydrogen) atoms. The normalized spacial score (nSPS) is 19.2. The first kappa shape index (κ1) is 8.37. The van der Waals surface area contributed by atoms with Gasteiger partial charge in [0, 0.05) is 13.1 Å². The lowest BCUT2D eigenvalue weighted by molar-refractivity contribution is 0.282. The fraction of sp³-hybridized carbons (Fsp3) is 0.875. The van der Waals surface area contributed by atoms with Gasteiger partial charge in [-0.3, -0.25) is 5.41 Å². The van der Waals surface area contributed by atoms with Gasteiger partial charge in [-0.1, -0.05) is 12.8 Å². The molecule has 1 saturated heterocycles. The van der Waals surface area contributed by atoms with Gasteiger partial charge in [-0.2, -0.15) is 0 Å². The molecular formula is C8H16N2O. The number of amidine groups is 1. The number of hydrogen-bond acceptors (Lipinski definition) is 2. The maximum absolute atomic E-state index is 7.43. The summed E-state index contributed by atoms with van der Waals surface area (Å²) in [7, 11) is 1.56. The predicted molar refractivity (Wildman–Crippen MR) is 44.8 cm³/mol. The molecule has 0 atom stereocenters. The number of nitrogens with one attached hydrogen (secondary N) is 1. The Morgan fingerprint density at radius 1 is 1.18 bits per heavy atom. The standard InChI is InChI=1S/C8H16N2O/c1-11-8(9)10-6-4-2-3-5-7-10/h9H,2-7H2,1H3. The van der Waals surface area contributed by atoms with Crippen LogP contribution in [0.1, 0.15) is 25.7 Å². The van der Waals surface area contributed by atoms with Crippen molar-refractivity contribution in [3.8, 4) is 0 Å². The minimum Gasteiger partial charge on any atom is -0.469 e. The molecule has 1 aliphatic heterocycles. The van der Waals surface area contributed by atoms with Gasteiger partial charge in [0.2, 0.25) is 0 Å². The Morgan fingerprint density at radius 2 is 1.73 bits per heavy atom. The zero-order valence-electron chi connectivity index (χ0n) is 7.10. The van der Waals surface area contributed by atoms with Crippen LogP contribution >= 0.6 is 0 Å². The van der Waals surface area contributed by atoms with Gasteiger partial charge in [-0.25, -0.2) is 0 Å². The average molecular weight is 156 g/mol. The largest absolute Gasteiger partial charge is 0.469 e. The summed E-state index contributed by atoms with van der Waals surface area (Å²) in [6, 6.07) is 0.326. The molecule has 0 aliphatic carbocycles. The van der Waals surface area contributed by atoms with Crippen LogP contribution in [0.15, 0.2) is 0 Å². The molecule has 0 amide bonds. The Morgan fingerprint density at radius 3 is 2.18 bits per heavy atom. The van der Waals surface area contributed by atoms with Crippen molar-refractivity contribution in [3.63, 3.8) is 0 Å². The quantitative estimate of drug-likeness (QED) is 0.425. The highest BCUT2D eigenvalue weighted by Crippen LogP contribution is 2.09. The van der Waals surface area contributed by atoms with E-state index in [1.807, 2.05) is 4.90 Å². The van der Waals surface area contributed by atoms with Crippen LogP contribution in [0.4, 0.5) is 0 Å². The molecule has 0 aromatic carbocycles. The van der Waals surface area contributed by atoms with Gasteiger partial charge >= 0.3 is 0 Å². The minimum atomic E-state index is 0.326. The Kier molecular flexibility index (Phi) is 3.20. The third-order valence-electron chi connectivity index (χ3n) is 2.09. The first-order chi connectivity index (χ1) is 5.34. The van der Waals surface area contributed by atoms with E-state index in [-0.39, 0.29) is 0 Å². The summed E-state index contributed by atoms with van der Waals surface area (Å²) in [6.45, 7) is 1.99. The van der Waals surface area contributed by atoms with E-state index in [4.69, 9.17) is 10.1 Å². The predicted octanol–water partition coefficient (Wildman–Crippen LogP) is 1.44. The van der Waals surface area contributed by atoms with Crippen LogP contribution < -0.4 is 0 Å². The molecule has 3 nitrogen and oxygen atoms in total. The number of ether oxygens (including phenoxy) is 1. The summed E-state index contributed by atoms with van der Waals surface area (Å²) in [5.41, 5.74) is 0. The van der Waals surface area contributed by atoms with Crippen molar-refractivity contribution in [2.75, 3.05) is 20.2 Å². The van der Waals surface area contributed by atoms with Crippen LogP contribution in [-0.4, -0.2) is 31.1 Å². The van der Waals surface area contributed by atoms with Crippen LogP contribution in [-0.2, 0) is 4.74 Å². The molecule has 3 heteroatoms. The van der Waals surface area contributed by atoms with Gasteiger partial charge in [-0.15, -0.1) is 0 Å². The summed E-state index contributed by atoms with van der Waals surface area (Å²) >= 11 is 0. The fourth-order valence-corrected chi connectivity index (χ4v) is 1.40. The third kappa shape index (κ3) is 2.41.